The molecule has 0 radical (unpaired) electrons. The van der Waals surface area contributed by atoms with Crippen LogP contribution in [0.4, 0.5) is 0 Å². The van der Waals surface area contributed by atoms with E-state index in [0.29, 0.717) is 16.7 Å². The van der Waals surface area contributed by atoms with E-state index < -0.39 is 0 Å². The number of para-hydroxylation sites is 1. The van der Waals surface area contributed by atoms with E-state index in [1.165, 1.54) is 4.68 Å². The number of nitrogens with zero attached hydrogens (tertiary/aromatic N) is 3. The maximum absolute atomic E-state index is 11.9. The van der Waals surface area contributed by atoms with E-state index in [-0.39, 0.29) is 43.3 Å². The summed E-state index contributed by atoms with van der Waals surface area (Å²) in [6.45, 7) is 1.83. The van der Waals surface area contributed by atoms with Crippen molar-refractivity contribution in [3.63, 3.8) is 0 Å². The molecule has 0 N–H and O–H groups in total. The first-order valence-corrected chi connectivity index (χ1v) is 4.69. The minimum Gasteiger partial charge on any atom is -0.618 e. The molecule has 0 fully saturated rings. The molecule has 1 aromatic carbocycles. The molecular formula is C11H11Li2N3O. The average molecular weight is 215 g/mol. The van der Waals surface area contributed by atoms with Crippen molar-refractivity contribution in [1.29, 1.82) is 0 Å². The van der Waals surface area contributed by atoms with Crippen molar-refractivity contribution in [3.05, 3.63) is 52.3 Å². The first-order valence-electron chi connectivity index (χ1n) is 4.69. The number of hydrogen-bond donors (Lipinski definition) is 0. The summed E-state index contributed by atoms with van der Waals surface area (Å²) in [6, 6.07) is 7.26. The monoisotopic (exact) mass is 215 g/mol. The predicted octanol–water partition coefficient (Wildman–Crippen LogP) is -4.26. The number of fused-ring (bicyclic) bond motifs is 1. The fourth-order valence-electron chi connectivity index (χ4n) is 1.52. The Morgan fingerprint density at radius 2 is 1.94 bits per heavy atom. The molecule has 0 atom stereocenters. The van der Waals surface area contributed by atoms with Gasteiger partial charge in [-0.25, -0.2) is 0 Å². The van der Waals surface area contributed by atoms with Crippen LogP contribution in [0, 0.1) is 6.42 Å². The molecular weight excluding hydrogens is 204 g/mol. The van der Waals surface area contributed by atoms with E-state index in [9.17, 15) is 4.79 Å². The minimum atomic E-state index is -0.129. The smallest absolute Gasteiger partial charge is 0.618 e. The van der Waals surface area contributed by atoms with Gasteiger partial charge in [-0.15, -0.1) is 7.05 Å². The molecule has 4 nitrogen and oxygen atoms in total. The first-order chi connectivity index (χ1) is 7.27. The van der Waals surface area contributed by atoms with Crippen LogP contribution in [-0.4, -0.2) is 16.7 Å². The molecule has 6 heteroatoms. The largest absolute Gasteiger partial charge is 1.00 e. The third kappa shape index (κ3) is 2.91. The van der Waals surface area contributed by atoms with Crippen LogP contribution in [0.25, 0.3) is 16.3 Å². The maximum atomic E-state index is 11.9. The summed E-state index contributed by atoms with van der Waals surface area (Å²) in [5, 5.41) is 0.591. The molecule has 1 heterocycles. The molecule has 0 unspecified atom stereocenters. The zero-order chi connectivity index (χ0) is 10.8. The van der Waals surface area contributed by atoms with Gasteiger partial charge in [0.1, 0.15) is 0 Å². The molecule has 2 aromatic rings. The molecule has 0 spiro atoms. The quantitative estimate of drug-likeness (QED) is 0.376. The van der Waals surface area contributed by atoms with Gasteiger partial charge >= 0.3 is 37.7 Å². The Hall–Kier alpha value is -0.775. The fraction of sp³-hybridized carbons (Fsp3) is 0.182. The summed E-state index contributed by atoms with van der Waals surface area (Å²) in [5.41, 5.74) is 4.48. The summed E-state index contributed by atoms with van der Waals surface area (Å²) in [6.07, 6.45) is 1.76. The molecule has 2 rings (SSSR count). The maximum Gasteiger partial charge on any atom is 1.00 e. The number of benzene rings is 1. The van der Waals surface area contributed by atoms with Crippen molar-refractivity contribution in [3.8, 4) is 0 Å². The molecule has 0 aliphatic rings. The molecule has 0 bridgehead atoms. The van der Waals surface area contributed by atoms with Crippen LogP contribution in [0.1, 0.15) is 12.7 Å². The predicted molar refractivity (Wildman–Crippen MR) is 59.8 cm³/mol. The molecule has 17 heavy (non-hydrogen) atoms. The second kappa shape index (κ2) is 6.84. The Labute approximate surface area is 124 Å². The number of aromatic nitrogens is 2. The second-order valence-electron chi connectivity index (χ2n) is 3.09. The molecule has 78 valence electrons. The van der Waals surface area contributed by atoms with E-state index in [4.69, 9.17) is 0 Å². The van der Waals surface area contributed by atoms with Crippen LogP contribution in [0.15, 0.2) is 29.1 Å². The molecule has 0 aliphatic carbocycles. The minimum absolute atomic E-state index is 0. The van der Waals surface area contributed by atoms with E-state index in [2.05, 4.69) is 10.4 Å². The van der Waals surface area contributed by atoms with Gasteiger partial charge in [0, 0.05) is 0 Å². The molecule has 0 amide bonds. The first kappa shape index (κ1) is 16.2. The van der Waals surface area contributed by atoms with Gasteiger partial charge in [0.05, 0.1) is 10.9 Å². The SMILES string of the molecule is C[CH-]c1nc2ccccc2c(=O)n1[N-]C.[Li+].[Li+]. The van der Waals surface area contributed by atoms with Crippen LogP contribution in [-0.2, 0) is 0 Å². The van der Waals surface area contributed by atoms with Gasteiger partial charge in [-0.1, -0.05) is 12.1 Å². The number of rotatable bonds is 2. The molecule has 0 saturated carbocycles. The Balaban J connectivity index is 0.00000128. The average Bonchev–Trinajstić information content (AvgIpc) is 2.29. The molecule has 1 aromatic heterocycles. The number of hydrogen-bond acceptors (Lipinski definition) is 2. The van der Waals surface area contributed by atoms with Crippen molar-refractivity contribution in [2.24, 2.45) is 0 Å². The van der Waals surface area contributed by atoms with Crippen LogP contribution in [0.5, 0.6) is 0 Å². The summed E-state index contributed by atoms with van der Waals surface area (Å²) >= 11 is 0. The van der Waals surface area contributed by atoms with Gasteiger partial charge in [0.2, 0.25) is 5.56 Å². The Morgan fingerprint density at radius 3 is 2.53 bits per heavy atom. The third-order valence-corrected chi connectivity index (χ3v) is 2.24. The van der Waals surface area contributed by atoms with Gasteiger partial charge in [0.25, 0.3) is 0 Å². The zero-order valence-corrected chi connectivity index (χ0v) is 10.6. The summed E-state index contributed by atoms with van der Waals surface area (Å²) in [5.74, 6) is 0.571. The summed E-state index contributed by atoms with van der Waals surface area (Å²) in [7, 11) is 1.57. The Morgan fingerprint density at radius 1 is 1.29 bits per heavy atom. The van der Waals surface area contributed by atoms with Gasteiger partial charge < -0.3 is 16.5 Å². The molecule has 0 saturated heterocycles. The van der Waals surface area contributed by atoms with Crippen LogP contribution < -0.4 is 43.3 Å². The third-order valence-electron chi connectivity index (χ3n) is 2.24. The van der Waals surface area contributed by atoms with Gasteiger partial charge in [-0.2, -0.15) is 6.92 Å². The van der Waals surface area contributed by atoms with Gasteiger partial charge in [-0.3, -0.25) is 9.78 Å². The molecule has 0 aliphatic heterocycles. The van der Waals surface area contributed by atoms with Crippen LogP contribution >= 0.6 is 0 Å². The second-order valence-corrected chi connectivity index (χ2v) is 3.09. The van der Waals surface area contributed by atoms with Crippen molar-refractivity contribution in [1.82, 2.24) is 9.66 Å². The zero-order valence-electron chi connectivity index (χ0n) is 10.6. The van der Waals surface area contributed by atoms with Crippen molar-refractivity contribution >= 4 is 10.9 Å². The normalized spacial score (nSPS) is 9.06. The van der Waals surface area contributed by atoms with E-state index in [1.54, 1.807) is 19.5 Å². The van der Waals surface area contributed by atoms with E-state index >= 15 is 0 Å². The van der Waals surface area contributed by atoms with E-state index in [0.717, 1.165) is 0 Å². The van der Waals surface area contributed by atoms with E-state index in [1.807, 2.05) is 25.1 Å². The van der Waals surface area contributed by atoms with Crippen LogP contribution in [0.3, 0.4) is 0 Å². The summed E-state index contributed by atoms with van der Waals surface area (Å²) < 4.78 is 1.31. The fourth-order valence-corrected chi connectivity index (χ4v) is 1.52. The van der Waals surface area contributed by atoms with Crippen LogP contribution in [0.2, 0.25) is 0 Å². The van der Waals surface area contributed by atoms with Crippen molar-refractivity contribution < 1.29 is 37.7 Å². The van der Waals surface area contributed by atoms with Gasteiger partial charge in [-0.05, 0) is 18.0 Å². The Kier molecular flexibility index (Phi) is 6.53. The Bertz CT molecular complexity index is 554. The van der Waals surface area contributed by atoms with Crippen molar-refractivity contribution in [2.75, 3.05) is 7.05 Å². The topological polar surface area (TPSA) is 49.0 Å². The summed E-state index contributed by atoms with van der Waals surface area (Å²) in [4.78, 5) is 16.3. The standard InChI is InChI=1S/C11H11N3O.2Li/c1-3-10-13-9-7-5-4-6-8(9)11(15)14(10)12-2;;/h3-7H,1-2H3;;/q-2;2*+1. The van der Waals surface area contributed by atoms with Crippen molar-refractivity contribution in [2.45, 2.75) is 6.92 Å². The van der Waals surface area contributed by atoms with Gasteiger partial charge in [0.15, 0.2) is 0 Å².